The molecule has 1 fully saturated rings. The molecule has 0 saturated carbocycles. The first-order valence-electron chi connectivity index (χ1n) is 8.01. The van der Waals surface area contributed by atoms with Crippen LogP contribution in [0.15, 0.2) is 42.5 Å². The van der Waals surface area contributed by atoms with Crippen LogP contribution in [0.1, 0.15) is 23.2 Å². The summed E-state index contributed by atoms with van der Waals surface area (Å²) in [6.07, 6.45) is 1.44. The number of carbonyl (C=O) groups excluding carboxylic acids is 2. The van der Waals surface area contributed by atoms with Gasteiger partial charge in [0.1, 0.15) is 6.07 Å². The topological polar surface area (TPSA) is 70.4 Å². The van der Waals surface area contributed by atoms with Crippen molar-refractivity contribution in [1.82, 2.24) is 4.90 Å². The van der Waals surface area contributed by atoms with Crippen molar-refractivity contribution in [2.45, 2.75) is 12.8 Å². The highest BCUT2D eigenvalue weighted by molar-refractivity contribution is 6.07. The standard InChI is InChI=1S/C19H18N2O3/c20-10-12-24-19(23)15-7-4-11-21(13-15)18(22)17-9-3-6-14-5-1-2-8-16(14)17/h1-3,5-6,8-9,15H,4,7,11-13H2/t15-/m1/s1. The Morgan fingerprint density at radius 2 is 2.00 bits per heavy atom. The Bertz CT molecular complexity index is 804. The van der Waals surface area contributed by atoms with Gasteiger partial charge in [0.05, 0.1) is 5.92 Å². The van der Waals surface area contributed by atoms with Crippen LogP contribution in [-0.4, -0.2) is 36.5 Å². The summed E-state index contributed by atoms with van der Waals surface area (Å²) in [6, 6.07) is 15.2. The first-order chi connectivity index (χ1) is 11.7. The minimum Gasteiger partial charge on any atom is -0.450 e. The summed E-state index contributed by atoms with van der Waals surface area (Å²) < 4.78 is 4.90. The zero-order valence-electron chi connectivity index (χ0n) is 13.3. The second kappa shape index (κ2) is 7.14. The summed E-state index contributed by atoms with van der Waals surface area (Å²) in [5.74, 6) is -0.817. The third-order valence-electron chi connectivity index (χ3n) is 4.34. The van der Waals surface area contributed by atoms with E-state index in [4.69, 9.17) is 10.00 Å². The van der Waals surface area contributed by atoms with E-state index in [1.165, 1.54) is 0 Å². The fraction of sp³-hybridized carbons (Fsp3) is 0.316. The quantitative estimate of drug-likeness (QED) is 0.815. The van der Waals surface area contributed by atoms with Crippen LogP contribution in [0.5, 0.6) is 0 Å². The molecule has 1 amide bonds. The summed E-state index contributed by atoms with van der Waals surface area (Å²) in [6.45, 7) is 0.725. The first-order valence-corrected chi connectivity index (χ1v) is 8.01. The van der Waals surface area contributed by atoms with Gasteiger partial charge in [-0.3, -0.25) is 9.59 Å². The molecule has 1 atom stereocenters. The molecule has 1 aliphatic rings. The molecule has 24 heavy (non-hydrogen) atoms. The molecule has 5 nitrogen and oxygen atoms in total. The molecular weight excluding hydrogens is 304 g/mol. The van der Waals surface area contributed by atoms with Gasteiger partial charge in [0, 0.05) is 18.7 Å². The lowest BCUT2D eigenvalue weighted by Gasteiger charge is -2.31. The summed E-state index contributed by atoms with van der Waals surface area (Å²) in [4.78, 5) is 26.6. The Hall–Kier alpha value is -2.87. The monoisotopic (exact) mass is 322 g/mol. The Labute approximate surface area is 140 Å². The minimum absolute atomic E-state index is 0.0652. The van der Waals surface area contributed by atoms with E-state index in [9.17, 15) is 9.59 Å². The maximum absolute atomic E-state index is 12.9. The van der Waals surface area contributed by atoms with E-state index in [2.05, 4.69) is 0 Å². The maximum atomic E-state index is 12.9. The Morgan fingerprint density at radius 1 is 1.21 bits per heavy atom. The van der Waals surface area contributed by atoms with Gasteiger partial charge in [-0.2, -0.15) is 5.26 Å². The van der Waals surface area contributed by atoms with Gasteiger partial charge in [0.15, 0.2) is 6.61 Å². The molecule has 0 N–H and O–H groups in total. The van der Waals surface area contributed by atoms with Crippen LogP contribution in [0.3, 0.4) is 0 Å². The molecule has 5 heteroatoms. The number of amides is 1. The summed E-state index contributed by atoms with van der Waals surface area (Å²) in [5.41, 5.74) is 0.652. The number of esters is 1. The van der Waals surface area contributed by atoms with Crippen molar-refractivity contribution in [2.24, 2.45) is 5.92 Å². The molecule has 1 aliphatic heterocycles. The van der Waals surface area contributed by atoms with Crippen LogP contribution < -0.4 is 0 Å². The molecule has 2 aromatic rings. The van der Waals surface area contributed by atoms with Gasteiger partial charge in [0.25, 0.3) is 5.91 Å². The lowest BCUT2D eigenvalue weighted by Crippen LogP contribution is -2.42. The molecule has 0 aliphatic carbocycles. The van der Waals surface area contributed by atoms with Crippen LogP contribution >= 0.6 is 0 Å². The second-order valence-electron chi connectivity index (χ2n) is 5.88. The molecule has 0 radical (unpaired) electrons. The molecule has 122 valence electrons. The Kier molecular flexibility index (Phi) is 4.76. The highest BCUT2D eigenvalue weighted by Crippen LogP contribution is 2.24. The average Bonchev–Trinajstić information content (AvgIpc) is 2.65. The highest BCUT2D eigenvalue weighted by Gasteiger charge is 2.30. The molecule has 0 unspecified atom stereocenters. The molecule has 1 saturated heterocycles. The van der Waals surface area contributed by atoms with Gasteiger partial charge in [0.2, 0.25) is 0 Å². The van der Waals surface area contributed by atoms with Gasteiger partial charge in [-0.15, -0.1) is 0 Å². The van der Waals surface area contributed by atoms with E-state index in [0.29, 0.717) is 25.1 Å². The van der Waals surface area contributed by atoms with E-state index in [1.54, 1.807) is 11.0 Å². The summed E-state index contributed by atoms with van der Waals surface area (Å²) in [5, 5.41) is 10.4. The van der Waals surface area contributed by atoms with Gasteiger partial charge >= 0.3 is 5.97 Å². The fourth-order valence-corrected chi connectivity index (χ4v) is 3.16. The minimum atomic E-state index is -0.396. The fourth-order valence-electron chi connectivity index (χ4n) is 3.16. The number of hydrogen-bond donors (Lipinski definition) is 0. The lowest BCUT2D eigenvalue weighted by atomic mass is 9.96. The number of ether oxygens (including phenoxy) is 1. The van der Waals surface area contributed by atoms with E-state index < -0.39 is 5.97 Å². The number of nitriles is 1. The van der Waals surface area contributed by atoms with Crippen molar-refractivity contribution < 1.29 is 14.3 Å². The van der Waals surface area contributed by atoms with E-state index in [-0.39, 0.29) is 18.4 Å². The van der Waals surface area contributed by atoms with Gasteiger partial charge in [-0.1, -0.05) is 36.4 Å². The number of fused-ring (bicyclic) bond motifs is 1. The van der Waals surface area contributed by atoms with Crippen molar-refractivity contribution in [3.05, 3.63) is 48.0 Å². The third kappa shape index (κ3) is 3.23. The maximum Gasteiger partial charge on any atom is 0.311 e. The number of carbonyl (C=O) groups is 2. The van der Waals surface area contributed by atoms with Crippen molar-refractivity contribution in [2.75, 3.05) is 19.7 Å². The second-order valence-corrected chi connectivity index (χ2v) is 5.88. The SMILES string of the molecule is N#CCOC(=O)[C@@H]1CCCN(C(=O)c2cccc3ccccc23)C1. The van der Waals surface area contributed by atoms with E-state index in [0.717, 1.165) is 17.2 Å². The van der Waals surface area contributed by atoms with Crippen LogP contribution in [0.25, 0.3) is 10.8 Å². The number of piperidine rings is 1. The highest BCUT2D eigenvalue weighted by atomic mass is 16.5. The molecule has 1 heterocycles. The van der Waals surface area contributed by atoms with Crippen LogP contribution in [0.4, 0.5) is 0 Å². The van der Waals surface area contributed by atoms with E-state index >= 15 is 0 Å². The van der Waals surface area contributed by atoms with Crippen molar-refractivity contribution in [1.29, 1.82) is 5.26 Å². The van der Waals surface area contributed by atoms with Gasteiger partial charge in [-0.05, 0) is 29.7 Å². The first kappa shape index (κ1) is 16.0. The predicted octanol–water partition coefficient (Wildman–Crippen LogP) is 2.76. The molecule has 0 bridgehead atoms. The Balaban J connectivity index is 1.79. The normalized spacial score (nSPS) is 17.3. The number of rotatable bonds is 3. The van der Waals surface area contributed by atoms with Gasteiger partial charge in [-0.25, -0.2) is 0 Å². The molecule has 0 spiro atoms. The van der Waals surface area contributed by atoms with Crippen LogP contribution in [-0.2, 0) is 9.53 Å². The average molecular weight is 322 g/mol. The molecule has 2 aromatic carbocycles. The largest absolute Gasteiger partial charge is 0.450 e. The molecular formula is C19H18N2O3. The van der Waals surface area contributed by atoms with Crippen LogP contribution in [0.2, 0.25) is 0 Å². The Morgan fingerprint density at radius 3 is 2.83 bits per heavy atom. The van der Waals surface area contributed by atoms with Gasteiger partial charge < -0.3 is 9.64 Å². The van der Waals surface area contributed by atoms with E-state index in [1.807, 2.05) is 42.5 Å². The number of benzene rings is 2. The molecule has 0 aromatic heterocycles. The van der Waals surface area contributed by atoms with Crippen molar-refractivity contribution in [3.8, 4) is 6.07 Å². The number of nitrogens with zero attached hydrogens (tertiary/aromatic N) is 2. The zero-order chi connectivity index (χ0) is 16.9. The number of likely N-dealkylation sites (tertiary alicyclic amines) is 1. The smallest absolute Gasteiger partial charge is 0.311 e. The predicted molar refractivity (Wildman–Crippen MR) is 89.1 cm³/mol. The van der Waals surface area contributed by atoms with Crippen LogP contribution in [0, 0.1) is 17.2 Å². The molecule has 3 rings (SSSR count). The summed E-state index contributed by atoms with van der Waals surface area (Å²) in [7, 11) is 0. The van der Waals surface area contributed by atoms with Crippen molar-refractivity contribution >= 4 is 22.6 Å². The summed E-state index contributed by atoms with van der Waals surface area (Å²) >= 11 is 0. The van der Waals surface area contributed by atoms with Crippen molar-refractivity contribution in [3.63, 3.8) is 0 Å². The lowest BCUT2D eigenvalue weighted by molar-refractivity contribution is -0.148. The zero-order valence-corrected chi connectivity index (χ0v) is 13.3. The third-order valence-corrected chi connectivity index (χ3v) is 4.34. The number of hydrogen-bond acceptors (Lipinski definition) is 4.